The molecule has 4 aromatic rings. The summed E-state index contributed by atoms with van der Waals surface area (Å²) in [7, 11) is 0. The van der Waals surface area contributed by atoms with Crippen molar-refractivity contribution in [3.63, 3.8) is 0 Å². The van der Waals surface area contributed by atoms with Gasteiger partial charge in [-0.3, -0.25) is 4.79 Å². The summed E-state index contributed by atoms with van der Waals surface area (Å²) in [6, 6.07) is 17.7. The molecule has 4 N–H and O–H groups in total. The molecule has 8 heteroatoms. The molecule has 0 aliphatic carbocycles. The van der Waals surface area contributed by atoms with Crippen LogP contribution in [0.3, 0.4) is 0 Å². The Labute approximate surface area is 181 Å². The highest BCUT2D eigenvalue weighted by atomic mass is 35.5. The van der Waals surface area contributed by atoms with E-state index in [1.54, 1.807) is 17.4 Å². The number of benzene rings is 2. The van der Waals surface area contributed by atoms with Gasteiger partial charge in [0, 0.05) is 39.3 Å². The van der Waals surface area contributed by atoms with Crippen LogP contribution in [-0.2, 0) is 6.54 Å². The number of nitrogens with two attached hydrogens (primary N) is 1. The Hall–Kier alpha value is -3.60. The topological polar surface area (TPSA) is 116 Å². The van der Waals surface area contributed by atoms with Crippen LogP contribution in [0.1, 0.15) is 26.4 Å². The van der Waals surface area contributed by atoms with Crippen LogP contribution in [0.4, 0.5) is 0 Å². The normalized spacial score (nSPS) is 10.1. The van der Waals surface area contributed by atoms with Crippen LogP contribution in [0, 0.1) is 16.7 Å². The summed E-state index contributed by atoms with van der Waals surface area (Å²) in [5.41, 5.74) is 7.32. The molecule has 0 fully saturated rings. The zero-order valence-corrected chi connectivity index (χ0v) is 17.2. The van der Waals surface area contributed by atoms with E-state index in [1.807, 2.05) is 18.2 Å². The smallest absolute Gasteiger partial charge is 0.248 e. The summed E-state index contributed by atoms with van der Waals surface area (Å²) in [5.74, 6) is -0.769. The predicted molar refractivity (Wildman–Crippen MR) is 120 cm³/mol. The Kier molecular flexibility index (Phi) is 6.52. The molecule has 1 amide bonds. The molecule has 2 aromatic heterocycles. The molecule has 4 rings (SSSR count). The molecule has 0 atom stereocenters. The van der Waals surface area contributed by atoms with Gasteiger partial charge in [-0.2, -0.15) is 5.26 Å². The lowest BCUT2D eigenvalue weighted by molar-refractivity contribution is 0.1000. The van der Waals surface area contributed by atoms with E-state index in [0.717, 1.165) is 27.3 Å². The number of hydrogen-bond donors (Lipinski definition) is 3. The van der Waals surface area contributed by atoms with Gasteiger partial charge in [-0.1, -0.05) is 23.7 Å². The molecule has 0 aliphatic rings. The van der Waals surface area contributed by atoms with Gasteiger partial charge in [0.15, 0.2) is 0 Å². The Balaban J connectivity index is 0.000000187. The number of carbonyl (C=O) groups excluding carboxylic acids is 1. The summed E-state index contributed by atoms with van der Waals surface area (Å²) in [5, 5.41) is 26.0. The largest absolute Gasteiger partial charge is 0.507 e. The van der Waals surface area contributed by atoms with Crippen molar-refractivity contribution < 1.29 is 9.90 Å². The zero-order valence-electron chi connectivity index (χ0n) is 15.7. The van der Waals surface area contributed by atoms with Gasteiger partial charge in [0.2, 0.25) is 5.91 Å². The molecule has 2 aromatic carbocycles. The minimum Gasteiger partial charge on any atom is -0.507 e. The van der Waals surface area contributed by atoms with Crippen molar-refractivity contribution in [3.05, 3.63) is 86.7 Å². The average molecular weight is 437 g/mol. The summed E-state index contributed by atoms with van der Waals surface area (Å²) in [6.07, 6.45) is 3.46. The number of halogens is 1. The molecule has 6 nitrogen and oxygen atoms in total. The first-order valence-electron chi connectivity index (χ1n) is 8.78. The molecule has 0 spiro atoms. The van der Waals surface area contributed by atoms with E-state index in [9.17, 15) is 4.79 Å². The van der Waals surface area contributed by atoms with Crippen molar-refractivity contribution in [1.29, 1.82) is 10.7 Å². The Morgan fingerprint density at radius 3 is 2.70 bits per heavy atom. The number of phenols is 1. The first-order valence-corrected chi connectivity index (χ1v) is 9.98. The van der Waals surface area contributed by atoms with E-state index in [1.165, 1.54) is 29.3 Å². The summed E-state index contributed by atoms with van der Waals surface area (Å²) in [4.78, 5) is 11.8. The average Bonchev–Trinajstić information content (AvgIpc) is 3.35. The molecular formula is C22H17ClN4O2S. The van der Waals surface area contributed by atoms with Crippen molar-refractivity contribution in [2.75, 3.05) is 0 Å². The number of fused-ring (bicyclic) bond motifs is 1. The van der Waals surface area contributed by atoms with Gasteiger partial charge in [-0.25, -0.2) is 0 Å². The van der Waals surface area contributed by atoms with E-state index in [-0.39, 0.29) is 16.9 Å². The van der Waals surface area contributed by atoms with Crippen LogP contribution < -0.4 is 5.73 Å². The molecule has 0 saturated heterocycles. The van der Waals surface area contributed by atoms with Crippen LogP contribution in [0.25, 0.3) is 10.9 Å². The number of amides is 1. The Bertz CT molecular complexity index is 1270. The van der Waals surface area contributed by atoms with Gasteiger partial charge in [-0.15, -0.1) is 11.3 Å². The molecule has 0 aliphatic heterocycles. The van der Waals surface area contributed by atoms with Crippen molar-refractivity contribution >= 4 is 46.0 Å². The maximum Gasteiger partial charge on any atom is 0.248 e. The van der Waals surface area contributed by atoms with Crippen molar-refractivity contribution in [1.82, 2.24) is 4.57 Å². The van der Waals surface area contributed by atoms with E-state index in [2.05, 4.69) is 29.0 Å². The van der Waals surface area contributed by atoms with Gasteiger partial charge >= 0.3 is 0 Å². The van der Waals surface area contributed by atoms with Crippen LogP contribution in [0.15, 0.2) is 60.8 Å². The van der Waals surface area contributed by atoms with Crippen LogP contribution >= 0.6 is 22.9 Å². The third kappa shape index (κ3) is 4.69. The van der Waals surface area contributed by atoms with E-state index in [0.29, 0.717) is 0 Å². The van der Waals surface area contributed by atoms with Gasteiger partial charge in [0.05, 0.1) is 16.4 Å². The second-order valence-electron chi connectivity index (χ2n) is 6.28. The highest BCUT2D eigenvalue weighted by molar-refractivity contribution is 7.16. The van der Waals surface area contributed by atoms with Gasteiger partial charge in [0.1, 0.15) is 11.8 Å². The molecule has 0 bridgehead atoms. The first-order chi connectivity index (χ1) is 14.4. The number of thiophene rings is 1. The number of aromatic hydroxyl groups is 1. The Morgan fingerprint density at radius 1 is 1.27 bits per heavy atom. The summed E-state index contributed by atoms with van der Waals surface area (Å²) < 4.78 is 3.01. The van der Waals surface area contributed by atoms with E-state index >= 15 is 0 Å². The standard InChI is InChI=1S/C14H11ClN2S.C8H6N2O2/c15-14-5-4-11(18-14)9-17-7-6-12-10(8-16)2-1-3-13(12)17;9-4-6-3-5(8(10)12)1-2-7(6)11/h1-8,16H,9H2;1-3,11H,(H2,10,12). The minimum absolute atomic E-state index is 0.0475. The lowest BCUT2D eigenvalue weighted by Gasteiger charge is -2.04. The van der Waals surface area contributed by atoms with Gasteiger partial charge < -0.3 is 20.8 Å². The first kappa shape index (κ1) is 21.1. The summed E-state index contributed by atoms with van der Waals surface area (Å²) in [6.45, 7) is 0.822. The lowest BCUT2D eigenvalue weighted by Crippen LogP contribution is -2.10. The third-order valence-electron chi connectivity index (χ3n) is 4.36. The second kappa shape index (κ2) is 9.27. The number of primary amides is 1. The number of phenolic OH excluding ortho intramolecular Hbond substituents is 1. The molecule has 0 radical (unpaired) electrons. The number of carbonyl (C=O) groups is 1. The molecular weight excluding hydrogens is 420 g/mol. The number of nitrogens with one attached hydrogen (secondary N) is 1. The maximum absolute atomic E-state index is 10.6. The third-order valence-corrected chi connectivity index (χ3v) is 5.58. The highest BCUT2D eigenvalue weighted by Gasteiger charge is 2.06. The number of aromatic nitrogens is 1. The minimum atomic E-state index is -0.619. The van der Waals surface area contributed by atoms with E-state index in [4.69, 9.17) is 33.1 Å². The summed E-state index contributed by atoms with van der Waals surface area (Å²) >= 11 is 7.55. The number of nitrogens with zero attached hydrogens (tertiary/aromatic N) is 2. The molecule has 2 heterocycles. The van der Waals surface area contributed by atoms with Crippen molar-refractivity contribution in [3.8, 4) is 11.8 Å². The van der Waals surface area contributed by atoms with Gasteiger partial charge in [-0.05, 0) is 42.5 Å². The van der Waals surface area contributed by atoms with Crippen LogP contribution in [0.5, 0.6) is 5.75 Å². The molecule has 0 saturated carbocycles. The quantitative estimate of drug-likeness (QED) is 0.400. The zero-order chi connectivity index (χ0) is 21.7. The molecule has 0 unspecified atom stereocenters. The SMILES string of the molecule is N#Cc1cc(C(N)=O)ccc1O.N=Cc1cccc2c1ccn2Cc1ccc(Cl)s1. The number of rotatable bonds is 4. The molecule has 150 valence electrons. The van der Waals surface area contributed by atoms with Crippen LogP contribution in [0.2, 0.25) is 4.34 Å². The van der Waals surface area contributed by atoms with E-state index < -0.39 is 5.91 Å². The van der Waals surface area contributed by atoms with Crippen molar-refractivity contribution in [2.45, 2.75) is 6.54 Å². The van der Waals surface area contributed by atoms with Crippen LogP contribution in [-0.4, -0.2) is 21.8 Å². The fourth-order valence-corrected chi connectivity index (χ4v) is 3.98. The Morgan fingerprint density at radius 2 is 2.07 bits per heavy atom. The number of nitriles is 1. The van der Waals surface area contributed by atoms with Gasteiger partial charge in [0.25, 0.3) is 0 Å². The fraction of sp³-hybridized carbons (Fsp3) is 0.0455. The highest BCUT2D eigenvalue weighted by Crippen LogP contribution is 2.25. The monoisotopic (exact) mass is 436 g/mol. The predicted octanol–water partition coefficient (Wildman–Crippen LogP) is 4.76. The molecule has 30 heavy (non-hydrogen) atoms. The lowest BCUT2D eigenvalue weighted by atomic mass is 10.1. The second-order valence-corrected chi connectivity index (χ2v) is 8.08. The fourth-order valence-electron chi connectivity index (χ4n) is 2.89. The maximum atomic E-state index is 10.6. The van der Waals surface area contributed by atoms with Crippen molar-refractivity contribution in [2.24, 2.45) is 5.73 Å². The number of hydrogen-bond acceptors (Lipinski definition) is 5.